The highest BCUT2D eigenvalue weighted by molar-refractivity contribution is 7.15. The molecule has 3 unspecified atom stereocenters. The van der Waals surface area contributed by atoms with Gasteiger partial charge in [-0.15, -0.1) is 11.3 Å². The Bertz CT molecular complexity index is 350. The number of nitrogens with one attached hydrogen (secondary N) is 1. The molecule has 1 saturated carbocycles. The maximum Gasteiger partial charge on any atom is 0.185 e. The Morgan fingerprint density at radius 1 is 1.69 bits per heavy atom. The van der Waals surface area contributed by atoms with Crippen molar-refractivity contribution in [2.45, 2.75) is 26.3 Å². The molecule has 2 rings (SSSR count). The first-order chi connectivity index (χ1) is 7.61. The lowest BCUT2D eigenvalue weighted by molar-refractivity contribution is 0.662. The molecule has 0 bridgehead atoms. The summed E-state index contributed by atoms with van der Waals surface area (Å²) in [6, 6.07) is 0.402. The number of hydrogen-bond acceptors (Lipinski definition) is 4. The molecule has 1 aromatic rings. The molecule has 3 atom stereocenters. The number of aromatic nitrogens is 1. The maximum atomic E-state index is 4.50. The molecule has 4 heteroatoms. The molecule has 1 aliphatic carbocycles. The zero-order chi connectivity index (χ0) is 11.7. The van der Waals surface area contributed by atoms with Crippen LogP contribution in [0.1, 0.15) is 31.2 Å². The molecule has 1 fully saturated rings. The van der Waals surface area contributed by atoms with Crippen molar-refractivity contribution >= 4 is 16.5 Å². The van der Waals surface area contributed by atoms with Gasteiger partial charge in [-0.3, -0.25) is 0 Å². The molecule has 1 N–H and O–H groups in total. The van der Waals surface area contributed by atoms with Gasteiger partial charge in [0.25, 0.3) is 0 Å². The summed E-state index contributed by atoms with van der Waals surface area (Å²) in [6.45, 7) is 5.65. The Labute approximate surface area is 102 Å². The fourth-order valence-electron chi connectivity index (χ4n) is 1.88. The lowest BCUT2D eigenvalue weighted by atomic mass is 10.3. The van der Waals surface area contributed by atoms with Gasteiger partial charge in [0, 0.05) is 30.7 Å². The van der Waals surface area contributed by atoms with Gasteiger partial charge in [0.15, 0.2) is 5.13 Å². The van der Waals surface area contributed by atoms with Crippen LogP contribution in [-0.4, -0.2) is 25.6 Å². The fraction of sp³-hybridized carbons (Fsp3) is 0.750. The predicted molar refractivity (Wildman–Crippen MR) is 70.1 cm³/mol. The Balaban J connectivity index is 1.95. The van der Waals surface area contributed by atoms with Crippen LogP contribution in [0.5, 0.6) is 0 Å². The third kappa shape index (κ3) is 2.55. The largest absolute Gasteiger partial charge is 0.351 e. The molecule has 0 spiro atoms. The third-order valence-corrected chi connectivity index (χ3v) is 4.78. The standard InChI is InChI=1S/C12H21N3S/c1-8-5-10(8)7-15(4)12-14-6-11(16-12)9(2)13-3/h6,8-10,13H,5,7H2,1-4H3. The second-order valence-electron chi connectivity index (χ2n) is 4.91. The summed E-state index contributed by atoms with van der Waals surface area (Å²) in [5.74, 6) is 1.80. The van der Waals surface area contributed by atoms with Crippen LogP contribution in [0, 0.1) is 11.8 Å². The highest BCUT2D eigenvalue weighted by Gasteiger charge is 2.33. The number of anilines is 1. The summed E-state index contributed by atoms with van der Waals surface area (Å²) >= 11 is 1.80. The third-order valence-electron chi connectivity index (χ3n) is 3.48. The van der Waals surface area contributed by atoms with E-state index in [4.69, 9.17) is 0 Å². The Hall–Kier alpha value is -0.610. The van der Waals surface area contributed by atoms with E-state index in [0.717, 1.165) is 23.5 Å². The van der Waals surface area contributed by atoms with Crippen LogP contribution in [-0.2, 0) is 0 Å². The van der Waals surface area contributed by atoms with Crippen molar-refractivity contribution in [3.8, 4) is 0 Å². The first-order valence-corrected chi connectivity index (χ1v) is 6.77. The minimum Gasteiger partial charge on any atom is -0.351 e. The zero-order valence-electron chi connectivity index (χ0n) is 10.5. The van der Waals surface area contributed by atoms with E-state index in [1.54, 1.807) is 11.3 Å². The lowest BCUT2D eigenvalue weighted by Crippen LogP contribution is -2.20. The Kier molecular flexibility index (Phi) is 3.50. The van der Waals surface area contributed by atoms with Crippen LogP contribution in [0.3, 0.4) is 0 Å². The normalized spacial score (nSPS) is 25.5. The van der Waals surface area contributed by atoms with Crippen molar-refractivity contribution in [2.75, 3.05) is 25.5 Å². The summed E-state index contributed by atoms with van der Waals surface area (Å²) in [6.07, 6.45) is 3.38. The monoisotopic (exact) mass is 239 g/mol. The van der Waals surface area contributed by atoms with Crippen molar-refractivity contribution in [2.24, 2.45) is 11.8 Å². The topological polar surface area (TPSA) is 28.2 Å². The van der Waals surface area contributed by atoms with Gasteiger partial charge in [0.1, 0.15) is 0 Å². The minimum absolute atomic E-state index is 0.402. The van der Waals surface area contributed by atoms with E-state index in [1.807, 2.05) is 13.2 Å². The smallest absolute Gasteiger partial charge is 0.185 e. The van der Waals surface area contributed by atoms with Crippen molar-refractivity contribution in [3.63, 3.8) is 0 Å². The summed E-state index contributed by atoms with van der Waals surface area (Å²) in [7, 11) is 4.14. The van der Waals surface area contributed by atoms with Crippen molar-refractivity contribution in [3.05, 3.63) is 11.1 Å². The van der Waals surface area contributed by atoms with Gasteiger partial charge in [0.2, 0.25) is 0 Å². The van der Waals surface area contributed by atoms with Crippen molar-refractivity contribution in [1.82, 2.24) is 10.3 Å². The highest BCUT2D eigenvalue weighted by Crippen LogP contribution is 2.39. The van der Waals surface area contributed by atoms with Crippen LogP contribution in [0.15, 0.2) is 6.20 Å². The molecule has 1 aromatic heterocycles. The van der Waals surface area contributed by atoms with Crippen LogP contribution >= 0.6 is 11.3 Å². The molecule has 0 aliphatic heterocycles. The molecule has 0 aromatic carbocycles. The van der Waals surface area contributed by atoms with Crippen LogP contribution in [0.2, 0.25) is 0 Å². The molecular formula is C12H21N3S. The molecule has 3 nitrogen and oxygen atoms in total. The molecular weight excluding hydrogens is 218 g/mol. The fourth-order valence-corrected chi connectivity index (χ4v) is 2.83. The Morgan fingerprint density at radius 3 is 2.94 bits per heavy atom. The van der Waals surface area contributed by atoms with Gasteiger partial charge in [-0.25, -0.2) is 4.98 Å². The van der Waals surface area contributed by atoms with E-state index in [-0.39, 0.29) is 0 Å². The first kappa shape index (κ1) is 11.9. The van der Waals surface area contributed by atoms with E-state index < -0.39 is 0 Å². The summed E-state index contributed by atoms with van der Waals surface area (Å²) in [4.78, 5) is 8.10. The number of thiazole rings is 1. The maximum absolute atomic E-state index is 4.50. The van der Waals surface area contributed by atoms with Gasteiger partial charge < -0.3 is 10.2 Å². The average molecular weight is 239 g/mol. The van der Waals surface area contributed by atoms with Crippen LogP contribution in [0.4, 0.5) is 5.13 Å². The number of nitrogens with zero attached hydrogens (tertiary/aromatic N) is 2. The molecule has 90 valence electrons. The van der Waals surface area contributed by atoms with Gasteiger partial charge in [-0.05, 0) is 32.2 Å². The molecule has 1 aliphatic rings. The summed E-state index contributed by atoms with van der Waals surface area (Å²) < 4.78 is 0. The summed E-state index contributed by atoms with van der Waals surface area (Å²) in [5.41, 5.74) is 0. The first-order valence-electron chi connectivity index (χ1n) is 5.96. The van der Waals surface area contributed by atoms with Crippen molar-refractivity contribution in [1.29, 1.82) is 0 Å². The molecule has 1 heterocycles. The van der Waals surface area contributed by atoms with E-state index in [0.29, 0.717) is 6.04 Å². The van der Waals surface area contributed by atoms with Gasteiger partial charge >= 0.3 is 0 Å². The minimum atomic E-state index is 0.402. The highest BCUT2D eigenvalue weighted by atomic mass is 32.1. The SMILES string of the molecule is CNC(C)c1cnc(N(C)CC2CC2C)s1. The van der Waals surface area contributed by atoms with Crippen LogP contribution in [0.25, 0.3) is 0 Å². The number of hydrogen-bond donors (Lipinski definition) is 1. The average Bonchev–Trinajstić information content (AvgIpc) is 2.81. The zero-order valence-corrected chi connectivity index (χ0v) is 11.3. The predicted octanol–water partition coefficient (Wildman–Crippen LogP) is 2.52. The van der Waals surface area contributed by atoms with Gasteiger partial charge in [-0.2, -0.15) is 0 Å². The van der Waals surface area contributed by atoms with Gasteiger partial charge in [-0.1, -0.05) is 6.92 Å². The summed E-state index contributed by atoms with van der Waals surface area (Å²) in [5, 5.41) is 4.39. The van der Waals surface area contributed by atoms with E-state index in [9.17, 15) is 0 Å². The second-order valence-corrected chi connectivity index (χ2v) is 5.95. The quantitative estimate of drug-likeness (QED) is 0.856. The lowest BCUT2D eigenvalue weighted by Gasteiger charge is -2.15. The molecule has 16 heavy (non-hydrogen) atoms. The Morgan fingerprint density at radius 2 is 2.38 bits per heavy atom. The van der Waals surface area contributed by atoms with E-state index in [1.165, 1.54) is 11.3 Å². The molecule has 0 amide bonds. The van der Waals surface area contributed by atoms with Gasteiger partial charge in [0.05, 0.1) is 0 Å². The van der Waals surface area contributed by atoms with E-state index in [2.05, 4.69) is 36.1 Å². The van der Waals surface area contributed by atoms with Crippen molar-refractivity contribution < 1.29 is 0 Å². The second kappa shape index (κ2) is 4.72. The molecule has 0 radical (unpaired) electrons. The van der Waals surface area contributed by atoms with Crippen LogP contribution < -0.4 is 10.2 Å². The van der Waals surface area contributed by atoms with E-state index >= 15 is 0 Å². The number of rotatable bonds is 5. The molecule has 0 saturated heterocycles.